The average Bonchev–Trinajstić information content (AvgIpc) is 3.26. The van der Waals surface area contributed by atoms with Crippen molar-refractivity contribution in [2.24, 2.45) is 5.92 Å². The zero-order valence-corrected chi connectivity index (χ0v) is 14.2. The van der Waals surface area contributed by atoms with Crippen molar-refractivity contribution in [3.8, 4) is 11.3 Å². The Morgan fingerprint density at radius 1 is 1.32 bits per heavy atom. The van der Waals surface area contributed by atoms with Gasteiger partial charge in [-0.15, -0.1) is 11.3 Å². The van der Waals surface area contributed by atoms with Gasteiger partial charge in [0.1, 0.15) is 5.82 Å². The molecule has 0 bridgehead atoms. The highest BCUT2D eigenvalue weighted by atomic mass is 32.1. The van der Waals surface area contributed by atoms with E-state index >= 15 is 0 Å². The molecule has 0 fully saturated rings. The molecule has 2 aromatic rings. The summed E-state index contributed by atoms with van der Waals surface area (Å²) >= 11 is 1.25. The van der Waals surface area contributed by atoms with E-state index in [4.69, 9.17) is 4.74 Å². The van der Waals surface area contributed by atoms with E-state index in [1.807, 2.05) is 12.2 Å². The number of amides is 1. The van der Waals surface area contributed by atoms with E-state index in [2.05, 4.69) is 10.3 Å². The van der Waals surface area contributed by atoms with Crippen LogP contribution in [-0.4, -0.2) is 23.5 Å². The topological polar surface area (TPSA) is 68.3 Å². The van der Waals surface area contributed by atoms with E-state index in [0.717, 1.165) is 18.4 Å². The molecule has 1 amide bonds. The highest BCUT2D eigenvalue weighted by molar-refractivity contribution is 7.14. The Balaban J connectivity index is 1.47. The number of nitrogens with zero attached hydrogens (tertiary/aromatic N) is 1. The van der Waals surface area contributed by atoms with Gasteiger partial charge in [0.15, 0.2) is 11.7 Å². The van der Waals surface area contributed by atoms with E-state index in [0.29, 0.717) is 17.2 Å². The number of esters is 1. The van der Waals surface area contributed by atoms with Crippen LogP contribution >= 0.6 is 11.3 Å². The third-order valence-electron chi connectivity index (χ3n) is 3.80. The second-order valence-electron chi connectivity index (χ2n) is 5.72. The number of anilines is 1. The van der Waals surface area contributed by atoms with Crippen molar-refractivity contribution in [2.75, 3.05) is 11.9 Å². The molecule has 0 unspecified atom stereocenters. The van der Waals surface area contributed by atoms with E-state index in [1.54, 1.807) is 17.5 Å². The molecule has 1 aliphatic carbocycles. The summed E-state index contributed by atoms with van der Waals surface area (Å²) in [5.74, 6) is -0.914. The largest absolute Gasteiger partial charge is 0.456 e. The molecular weight excluding hydrogens is 343 g/mol. The highest BCUT2D eigenvalue weighted by Gasteiger charge is 2.16. The Hall–Kier alpha value is -2.54. The zero-order chi connectivity index (χ0) is 17.6. The van der Waals surface area contributed by atoms with Crippen molar-refractivity contribution in [3.63, 3.8) is 0 Å². The van der Waals surface area contributed by atoms with Crippen LogP contribution < -0.4 is 5.32 Å². The third kappa shape index (κ3) is 4.96. The van der Waals surface area contributed by atoms with Gasteiger partial charge >= 0.3 is 5.97 Å². The number of allylic oxidation sites excluding steroid dienone is 2. The van der Waals surface area contributed by atoms with E-state index in [9.17, 15) is 14.0 Å². The average molecular weight is 360 g/mol. The number of rotatable bonds is 6. The number of carbonyl (C=O) groups is 2. The molecule has 0 spiro atoms. The van der Waals surface area contributed by atoms with Gasteiger partial charge in [-0.05, 0) is 43.0 Å². The molecular formula is C18H17FN2O3S. The molecule has 1 N–H and O–H groups in total. The van der Waals surface area contributed by atoms with Crippen molar-refractivity contribution in [1.29, 1.82) is 0 Å². The number of aromatic nitrogens is 1. The zero-order valence-electron chi connectivity index (χ0n) is 13.4. The van der Waals surface area contributed by atoms with E-state index in [-0.39, 0.29) is 24.3 Å². The highest BCUT2D eigenvalue weighted by Crippen LogP contribution is 2.25. The lowest BCUT2D eigenvalue weighted by atomic mass is 10.1. The van der Waals surface area contributed by atoms with Gasteiger partial charge in [0.2, 0.25) is 0 Å². The van der Waals surface area contributed by atoms with Crippen LogP contribution in [0.1, 0.15) is 19.3 Å². The molecule has 25 heavy (non-hydrogen) atoms. The molecule has 1 atom stereocenters. The van der Waals surface area contributed by atoms with E-state index < -0.39 is 5.91 Å². The number of thiazole rings is 1. The van der Waals surface area contributed by atoms with Gasteiger partial charge < -0.3 is 4.74 Å². The Labute approximate surface area is 148 Å². The van der Waals surface area contributed by atoms with Crippen LogP contribution in [-0.2, 0) is 14.3 Å². The van der Waals surface area contributed by atoms with Gasteiger partial charge in [-0.3, -0.25) is 14.9 Å². The second kappa shape index (κ2) is 8.02. The standard InChI is InChI=1S/C18H17FN2O3S/c19-14-7-5-13(6-8-14)15-11-25-18(20-15)21-16(22)10-24-17(23)9-12-3-1-2-4-12/h1,3,5-8,11-12H,2,4,9-10H2,(H,20,21,22)/t12-/m1/s1. The predicted molar refractivity (Wildman–Crippen MR) is 93.6 cm³/mol. The SMILES string of the molecule is O=C(COC(=O)C[C@@H]1C=CCC1)Nc1nc(-c2ccc(F)cc2)cs1. The molecule has 1 aromatic heterocycles. The first-order chi connectivity index (χ1) is 12.1. The Bertz CT molecular complexity index is 786. The molecule has 0 saturated heterocycles. The van der Waals surface area contributed by atoms with Crippen LogP contribution in [0.3, 0.4) is 0 Å². The Morgan fingerprint density at radius 3 is 2.84 bits per heavy atom. The van der Waals surface area contributed by atoms with Crippen LogP contribution in [0.5, 0.6) is 0 Å². The van der Waals surface area contributed by atoms with Crippen LogP contribution in [0.25, 0.3) is 11.3 Å². The fourth-order valence-electron chi connectivity index (χ4n) is 2.52. The fourth-order valence-corrected chi connectivity index (χ4v) is 3.26. The second-order valence-corrected chi connectivity index (χ2v) is 6.58. The van der Waals surface area contributed by atoms with Crippen molar-refractivity contribution in [3.05, 3.63) is 47.6 Å². The maximum atomic E-state index is 12.9. The summed E-state index contributed by atoms with van der Waals surface area (Å²) < 4.78 is 17.9. The molecule has 7 heteroatoms. The van der Waals surface area contributed by atoms with Crippen molar-refractivity contribution in [2.45, 2.75) is 19.3 Å². The molecule has 0 saturated carbocycles. The molecule has 130 valence electrons. The van der Waals surface area contributed by atoms with Gasteiger partial charge in [0.05, 0.1) is 12.1 Å². The number of hydrogen-bond acceptors (Lipinski definition) is 5. The van der Waals surface area contributed by atoms with Crippen molar-refractivity contribution < 1.29 is 18.7 Å². The minimum absolute atomic E-state index is 0.216. The number of benzene rings is 1. The molecule has 5 nitrogen and oxygen atoms in total. The van der Waals surface area contributed by atoms with Gasteiger partial charge in [-0.2, -0.15) is 0 Å². The maximum Gasteiger partial charge on any atom is 0.306 e. The molecule has 1 heterocycles. The minimum Gasteiger partial charge on any atom is -0.456 e. The molecule has 0 radical (unpaired) electrons. The Kier molecular flexibility index (Phi) is 5.55. The third-order valence-corrected chi connectivity index (χ3v) is 4.55. The van der Waals surface area contributed by atoms with Gasteiger partial charge in [0.25, 0.3) is 5.91 Å². The van der Waals surface area contributed by atoms with Crippen LogP contribution in [0.15, 0.2) is 41.8 Å². The predicted octanol–water partition coefficient (Wildman–Crippen LogP) is 3.79. The quantitative estimate of drug-likeness (QED) is 0.629. The summed E-state index contributed by atoms with van der Waals surface area (Å²) in [6.45, 7) is -0.333. The maximum absolute atomic E-state index is 12.9. The molecule has 3 rings (SSSR count). The molecule has 1 aromatic carbocycles. The van der Waals surface area contributed by atoms with Crippen molar-refractivity contribution >= 4 is 28.3 Å². The van der Waals surface area contributed by atoms with Gasteiger partial charge in [-0.25, -0.2) is 9.37 Å². The van der Waals surface area contributed by atoms with Gasteiger partial charge in [0, 0.05) is 10.9 Å². The molecule has 0 aliphatic heterocycles. The lowest BCUT2D eigenvalue weighted by molar-refractivity contribution is -0.147. The van der Waals surface area contributed by atoms with E-state index in [1.165, 1.54) is 23.5 Å². The fraction of sp³-hybridized carbons (Fsp3) is 0.278. The number of hydrogen-bond donors (Lipinski definition) is 1. The summed E-state index contributed by atoms with van der Waals surface area (Å²) in [5.41, 5.74) is 1.40. The van der Waals surface area contributed by atoms with Crippen LogP contribution in [0, 0.1) is 11.7 Å². The first kappa shape index (κ1) is 17.3. The number of ether oxygens (including phenoxy) is 1. The number of halogens is 1. The molecule has 1 aliphatic rings. The van der Waals surface area contributed by atoms with Crippen LogP contribution in [0.4, 0.5) is 9.52 Å². The summed E-state index contributed by atoms with van der Waals surface area (Å²) in [4.78, 5) is 27.8. The summed E-state index contributed by atoms with van der Waals surface area (Å²) in [6.07, 6.45) is 6.29. The normalized spacial score (nSPS) is 16.0. The first-order valence-corrected chi connectivity index (χ1v) is 8.82. The summed E-state index contributed by atoms with van der Waals surface area (Å²) in [7, 11) is 0. The smallest absolute Gasteiger partial charge is 0.306 e. The minimum atomic E-state index is -0.435. The number of carbonyl (C=O) groups excluding carboxylic acids is 2. The summed E-state index contributed by atoms with van der Waals surface area (Å²) in [5, 5.41) is 4.76. The van der Waals surface area contributed by atoms with Crippen molar-refractivity contribution in [1.82, 2.24) is 4.98 Å². The first-order valence-electron chi connectivity index (χ1n) is 7.94. The van der Waals surface area contributed by atoms with Gasteiger partial charge in [-0.1, -0.05) is 12.2 Å². The lowest BCUT2D eigenvalue weighted by Gasteiger charge is -2.07. The lowest BCUT2D eigenvalue weighted by Crippen LogP contribution is -2.21. The monoisotopic (exact) mass is 360 g/mol. The number of nitrogens with one attached hydrogen (secondary N) is 1. The summed E-state index contributed by atoms with van der Waals surface area (Å²) in [6, 6.07) is 5.95. The Morgan fingerprint density at radius 2 is 2.12 bits per heavy atom. The van der Waals surface area contributed by atoms with Crippen LogP contribution in [0.2, 0.25) is 0 Å².